The van der Waals surface area contributed by atoms with Gasteiger partial charge in [0.25, 0.3) is 7.82 Å². The van der Waals surface area contributed by atoms with E-state index in [2.05, 4.69) is 19.2 Å². The Labute approximate surface area is 336 Å². The van der Waals surface area contributed by atoms with Crippen LogP contribution in [0, 0.1) is 0 Å². The number of hydrogen-bond acceptors (Lipinski definition) is 8. The maximum absolute atomic E-state index is 12.8. The maximum Gasteiger partial charge on any atom is 0.268 e. The average Bonchev–Trinajstić information content (AvgIpc) is 3.12. The molecule has 320 valence electrons. The van der Waals surface area contributed by atoms with Gasteiger partial charge in [0.1, 0.15) is 13.2 Å². The summed E-state index contributed by atoms with van der Waals surface area (Å²) in [6.45, 7) is 4.33. The molecule has 0 saturated carbocycles. The molecule has 0 bridgehead atoms. The Bertz CT molecular complexity index is 1120. The molecule has 0 heterocycles. The van der Waals surface area contributed by atoms with Crippen LogP contribution in [0.3, 0.4) is 0 Å². The molecule has 0 fully saturated rings. The minimum Gasteiger partial charge on any atom is -0.756 e. The van der Waals surface area contributed by atoms with Crippen molar-refractivity contribution in [1.29, 1.82) is 0 Å². The minimum atomic E-state index is -4.65. The highest BCUT2D eigenvalue weighted by atomic mass is 31.2. The van der Waals surface area contributed by atoms with Gasteiger partial charge in [0.05, 0.1) is 52.1 Å². The van der Waals surface area contributed by atoms with Crippen molar-refractivity contribution in [2.45, 2.75) is 173 Å². The monoisotopic (exact) mass is 797 g/mol. The highest BCUT2D eigenvalue weighted by Crippen LogP contribution is 2.38. The summed E-state index contributed by atoms with van der Waals surface area (Å²) >= 11 is 0. The summed E-state index contributed by atoms with van der Waals surface area (Å²) in [5.74, 6) is -0.376. The number of rotatable bonds is 37. The standard InChI is InChI=1S/C44H81N2O8P/c1-6-8-10-11-12-13-14-15-16-17-18-22-25-29-35-43(49)42(39-54-55(51,52)53-38-37-46(3,4)5)45-44(50)36-30-34-41(48)33-28-24-21-19-20-23-27-32-40(47)31-26-9-7-2/h20-21,23-24,27-29,32-33,35,40-43,47-49H,6-19,22,25-26,30-31,34,36-39H2,1-5H3,(H-,45,50,51,52)/b23-20-,24-21-,32-27+,33-28+,35-29+/t40-,41-,42+,43-/m1/s1. The predicted molar refractivity (Wildman–Crippen MR) is 226 cm³/mol. The lowest BCUT2D eigenvalue weighted by Gasteiger charge is -2.29. The number of allylic oxidation sites excluding steroid dienone is 7. The first-order chi connectivity index (χ1) is 26.3. The Morgan fingerprint density at radius 3 is 1.75 bits per heavy atom. The molecule has 0 saturated heterocycles. The van der Waals surface area contributed by atoms with E-state index in [1.54, 1.807) is 24.3 Å². The van der Waals surface area contributed by atoms with Crippen LogP contribution in [0.25, 0.3) is 0 Å². The number of nitrogens with zero attached hydrogens (tertiary/aromatic N) is 1. The van der Waals surface area contributed by atoms with Crippen LogP contribution in [0.4, 0.5) is 0 Å². The van der Waals surface area contributed by atoms with Crippen LogP contribution in [-0.4, -0.2) is 91.0 Å². The number of phosphoric acid groups is 1. The third-order valence-electron chi connectivity index (χ3n) is 9.18. The maximum atomic E-state index is 12.8. The number of carbonyl (C=O) groups excluding carboxylic acids is 1. The molecule has 0 aromatic rings. The Kier molecular flexibility index (Phi) is 34.1. The van der Waals surface area contributed by atoms with Crippen LogP contribution in [0.15, 0.2) is 60.8 Å². The number of aliphatic hydroxyl groups excluding tert-OH is 3. The van der Waals surface area contributed by atoms with E-state index in [0.717, 1.165) is 44.9 Å². The molecule has 0 aromatic heterocycles. The van der Waals surface area contributed by atoms with Crippen LogP contribution in [-0.2, 0) is 18.4 Å². The lowest BCUT2D eigenvalue weighted by atomic mass is 10.0. The van der Waals surface area contributed by atoms with Gasteiger partial charge < -0.3 is 39.1 Å². The van der Waals surface area contributed by atoms with Gasteiger partial charge in [-0.05, 0) is 38.5 Å². The van der Waals surface area contributed by atoms with E-state index in [1.807, 2.05) is 57.6 Å². The largest absolute Gasteiger partial charge is 0.756 e. The third kappa shape index (κ3) is 37.5. The zero-order valence-corrected chi connectivity index (χ0v) is 36.2. The Morgan fingerprint density at radius 2 is 1.20 bits per heavy atom. The van der Waals surface area contributed by atoms with Crippen LogP contribution in [0.5, 0.6) is 0 Å². The van der Waals surface area contributed by atoms with Crippen molar-refractivity contribution in [3.8, 4) is 0 Å². The van der Waals surface area contributed by atoms with Crippen molar-refractivity contribution in [1.82, 2.24) is 5.32 Å². The van der Waals surface area contributed by atoms with Gasteiger partial charge in [0.15, 0.2) is 0 Å². The first-order valence-electron chi connectivity index (χ1n) is 21.4. The molecule has 1 unspecified atom stereocenters. The van der Waals surface area contributed by atoms with Gasteiger partial charge in [-0.25, -0.2) is 0 Å². The Morgan fingerprint density at radius 1 is 0.691 bits per heavy atom. The first kappa shape index (κ1) is 53.1. The molecular formula is C44H81N2O8P. The summed E-state index contributed by atoms with van der Waals surface area (Å²) in [7, 11) is 1.10. The van der Waals surface area contributed by atoms with E-state index in [1.165, 1.54) is 64.2 Å². The number of amides is 1. The van der Waals surface area contributed by atoms with Gasteiger partial charge in [-0.1, -0.05) is 164 Å². The van der Waals surface area contributed by atoms with Crippen LogP contribution in [0.1, 0.15) is 149 Å². The van der Waals surface area contributed by atoms with Crippen molar-refractivity contribution >= 4 is 13.7 Å². The summed E-state index contributed by atoms with van der Waals surface area (Å²) in [5, 5.41) is 33.9. The fourth-order valence-electron chi connectivity index (χ4n) is 5.66. The van der Waals surface area contributed by atoms with E-state index in [0.29, 0.717) is 30.3 Å². The molecule has 0 radical (unpaired) electrons. The van der Waals surface area contributed by atoms with Gasteiger partial charge in [-0.2, -0.15) is 0 Å². The SMILES string of the molecule is CCCCCCCCCCCCCC/C=C/[C@@H](O)[C@H](COP(=O)([O-])OCC[N+](C)(C)C)NC(=O)CCC[C@H](O)/C=C/C=C\C/C=C\C=C\[C@H](O)CCCCC. The van der Waals surface area contributed by atoms with Gasteiger partial charge in [-0.15, -0.1) is 0 Å². The zero-order chi connectivity index (χ0) is 41.0. The number of quaternary nitrogens is 1. The van der Waals surface area contributed by atoms with Crippen LogP contribution < -0.4 is 10.2 Å². The molecule has 0 aliphatic heterocycles. The number of carbonyl (C=O) groups is 1. The molecule has 0 spiro atoms. The second-order valence-corrected chi connectivity index (χ2v) is 17.2. The Hall–Kier alpha value is -1.88. The minimum absolute atomic E-state index is 0.0465. The number of unbranched alkanes of at least 4 members (excludes halogenated alkanes) is 14. The van der Waals surface area contributed by atoms with Crippen molar-refractivity contribution in [3.63, 3.8) is 0 Å². The van der Waals surface area contributed by atoms with Crippen LogP contribution >= 0.6 is 7.82 Å². The molecule has 5 atom stereocenters. The third-order valence-corrected chi connectivity index (χ3v) is 10.1. The molecule has 1 amide bonds. The molecular weight excluding hydrogens is 715 g/mol. The summed E-state index contributed by atoms with van der Waals surface area (Å²) in [6.07, 6.45) is 37.5. The van der Waals surface area contributed by atoms with Crippen molar-refractivity contribution in [2.75, 3.05) is 40.9 Å². The molecule has 10 nitrogen and oxygen atoms in total. The van der Waals surface area contributed by atoms with E-state index in [-0.39, 0.29) is 18.9 Å². The van der Waals surface area contributed by atoms with Gasteiger partial charge in [-0.3, -0.25) is 9.36 Å². The molecule has 4 N–H and O–H groups in total. The normalized spacial score (nSPS) is 16.2. The first-order valence-corrected chi connectivity index (χ1v) is 22.8. The molecule has 0 aromatic carbocycles. The van der Waals surface area contributed by atoms with Crippen molar-refractivity contribution in [2.24, 2.45) is 0 Å². The van der Waals surface area contributed by atoms with E-state index >= 15 is 0 Å². The molecule has 11 heteroatoms. The summed E-state index contributed by atoms with van der Waals surface area (Å²) in [6, 6.07) is -0.995. The fraction of sp³-hybridized carbons (Fsp3) is 0.750. The summed E-state index contributed by atoms with van der Waals surface area (Å²) in [5.41, 5.74) is 0. The van der Waals surface area contributed by atoms with Gasteiger partial charge in [0, 0.05) is 6.42 Å². The number of likely N-dealkylation sites (N-methyl/N-ethyl adjacent to an activating group) is 1. The van der Waals surface area contributed by atoms with Crippen LogP contribution in [0.2, 0.25) is 0 Å². The second kappa shape index (κ2) is 35.3. The van der Waals surface area contributed by atoms with Crippen molar-refractivity contribution in [3.05, 3.63) is 60.8 Å². The number of phosphoric ester groups is 1. The van der Waals surface area contributed by atoms with Crippen molar-refractivity contribution < 1.29 is 43.1 Å². The molecule has 0 aliphatic rings. The highest BCUT2D eigenvalue weighted by molar-refractivity contribution is 7.45. The lowest BCUT2D eigenvalue weighted by molar-refractivity contribution is -0.870. The van der Waals surface area contributed by atoms with E-state index in [4.69, 9.17) is 9.05 Å². The average molecular weight is 797 g/mol. The fourth-order valence-corrected chi connectivity index (χ4v) is 6.38. The molecule has 0 rings (SSSR count). The topological polar surface area (TPSA) is 148 Å². The highest BCUT2D eigenvalue weighted by Gasteiger charge is 2.23. The summed E-state index contributed by atoms with van der Waals surface area (Å²) in [4.78, 5) is 25.3. The summed E-state index contributed by atoms with van der Waals surface area (Å²) < 4.78 is 23.1. The van der Waals surface area contributed by atoms with Gasteiger partial charge in [0.2, 0.25) is 5.91 Å². The second-order valence-electron chi connectivity index (χ2n) is 15.7. The smallest absolute Gasteiger partial charge is 0.268 e. The number of hydrogen-bond donors (Lipinski definition) is 4. The molecule has 55 heavy (non-hydrogen) atoms. The van der Waals surface area contributed by atoms with E-state index in [9.17, 15) is 29.6 Å². The van der Waals surface area contributed by atoms with E-state index < -0.39 is 38.8 Å². The quantitative estimate of drug-likeness (QED) is 0.0160. The Balaban J connectivity index is 4.74. The zero-order valence-electron chi connectivity index (χ0n) is 35.3. The predicted octanol–water partition coefficient (Wildman–Crippen LogP) is 8.77. The lowest BCUT2D eigenvalue weighted by Crippen LogP contribution is -2.45. The van der Waals surface area contributed by atoms with Gasteiger partial charge >= 0.3 is 0 Å². The number of aliphatic hydroxyl groups is 3. The molecule has 0 aliphatic carbocycles. The number of nitrogens with one attached hydrogen (secondary N) is 1.